The number of nitrogens with zero attached hydrogens (tertiary/aromatic N) is 2. The van der Waals surface area contributed by atoms with Gasteiger partial charge in [0.05, 0.1) is 39.1 Å². The van der Waals surface area contributed by atoms with E-state index in [-0.39, 0.29) is 24.6 Å². The monoisotopic (exact) mass is 792 g/mol. The maximum atomic E-state index is 14.3. The maximum Gasteiger partial charge on any atom is 0.338 e. The standard InChI is InChI=1S/C37H30FIN2O5S2/c1-4-45-36(43)31-32(23-10-6-5-7-11-23)40-37-41(33(31)24-14-16-26(47-3)17-15-24)35(42)30(48-37)20-22-18-28(39)34(29(19-22)44-2)46-21-25-12-8-9-13-27(25)38/h5-20,33H,4,21H2,1-3H3/b30-20-/t33-/m0/s1. The SMILES string of the molecule is CCOC(=O)C1=C(c2ccccc2)N=c2s/c(=C\c3cc(I)c(OCc4ccccc4F)c(OC)c3)c(=O)n2[C@H]1c1ccc(SC)cc1. The second-order valence-electron chi connectivity index (χ2n) is 10.6. The van der Waals surface area contributed by atoms with Crippen LogP contribution < -0.4 is 24.4 Å². The highest BCUT2D eigenvalue weighted by Crippen LogP contribution is 2.37. The van der Waals surface area contributed by atoms with E-state index in [0.29, 0.717) is 43.2 Å². The van der Waals surface area contributed by atoms with Gasteiger partial charge in [-0.1, -0.05) is 72.0 Å². The van der Waals surface area contributed by atoms with Crippen molar-refractivity contribution in [3.05, 3.63) is 148 Å². The molecule has 244 valence electrons. The topological polar surface area (TPSA) is 79.1 Å². The highest BCUT2D eigenvalue weighted by Gasteiger charge is 2.35. The van der Waals surface area contributed by atoms with Crippen molar-refractivity contribution in [1.82, 2.24) is 4.57 Å². The summed E-state index contributed by atoms with van der Waals surface area (Å²) in [5, 5.41) is 0. The van der Waals surface area contributed by atoms with Crippen LogP contribution in [0.15, 0.2) is 111 Å². The molecule has 0 saturated carbocycles. The summed E-state index contributed by atoms with van der Waals surface area (Å²) in [5.41, 5.74) is 3.11. The summed E-state index contributed by atoms with van der Waals surface area (Å²) < 4.78 is 34.2. The lowest BCUT2D eigenvalue weighted by atomic mass is 9.93. The number of hydrogen-bond acceptors (Lipinski definition) is 8. The molecule has 4 aromatic carbocycles. The van der Waals surface area contributed by atoms with E-state index in [1.165, 1.54) is 24.5 Å². The van der Waals surface area contributed by atoms with E-state index in [1.54, 1.807) is 53.6 Å². The number of ether oxygens (including phenoxy) is 3. The summed E-state index contributed by atoms with van der Waals surface area (Å²) in [5.74, 6) is 0.0392. The van der Waals surface area contributed by atoms with Gasteiger partial charge in [0.2, 0.25) is 0 Å². The fraction of sp³-hybridized carbons (Fsp3) is 0.162. The molecule has 48 heavy (non-hydrogen) atoms. The van der Waals surface area contributed by atoms with Crippen molar-refractivity contribution >= 4 is 63.4 Å². The lowest BCUT2D eigenvalue weighted by molar-refractivity contribution is -0.138. The third kappa shape index (κ3) is 6.85. The number of methoxy groups -OCH3 is 1. The average molecular weight is 793 g/mol. The molecule has 2 heterocycles. The van der Waals surface area contributed by atoms with E-state index in [2.05, 4.69) is 22.6 Å². The zero-order valence-electron chi connectivity index (χ0n) is 26.2. The van der Waals surface area contributed by atoms with Crippen LogP contribution in [0.3, 0.4) is 0 Å². The number of esters is 1. The minimum absolute atomic E-state index is 0.0292. The van der Waals surface area contributed by atoms with Crippen LogP contribution >= 0.6 is 45.7 Å². The summed E-state index contributed by atoms with van der Waals surface area (Å²) in [6, 6.07) is 26.6. The summed E-state index contributed by atoms with van der Waals surface area (Å²) in [6.07, 6.45) is 3.77. The number of rotatable bonds is 10. The van der Waals surface area contributed by atoms with Crippen molar-refractivity contribution in [2.75, 3.05) is 20.0 Å². The van der Waals surface area contributed by atoms with Crippen molar-refractivity contribution in [1.29, 1.82) is 0 Å². The molecule has 1 aliphatic heterocycles. The van der Waals surface area contributed by atoms with Crippen molar-refractivity contribution in [3.63, 3.8) is 0 Å². The van der Waals surface area contributed by atoms with E-state index in [9.17, 15) is 14.0 Å². The average Bonchev–Trinajstić information content (AvgIpc) is 3.41. The lowest BCUT2D eigenvalue weighted by Crippen LogP contribution is -2.40. The minimum Gasteiger partial charge on any atom is -0.493 e. The van der Waals surface area contributed by atoms with Gasteiger partial charge in [0.25, 0.3) is 5.56 Å². The molecule has 1 atom stereocenters. The van der Waals surface area contributed by atoms with Crippen molar-refractivity contribution in [3.8, 4) is 11.5 Å². The highest BCUT2D eigenvalue weighted by molar-refractivity contribution is 14.1. The van der Waals surface area contributed by atoms with Gasteiger partial charge < -0.3 is 14.2 Å². The van der Waals surface area contributed by atoms with Gasteiger partial charge in [-0.25, -0.2) is 14.2 Å². The van der Waals surface area contributed by atoms with Crippen LogP contribution in [0.5, 0.6) is 11.5 Å². The fourth-order valence-electron chi connectivity index (χ4n) is 5.42. The van der Waals surface area contributed by atoms with Crippen LogP contribution in [0.25, 0.3) is 11.8 Å². The van der Waals surface area contributed by atoms with Gasteiger partial charge in [-0.3, -0.25) is 9.36 Å². The molecule has 6 rings (SSSR count). The number of aromatic nitrogens is 1. The molecule has 7 nitrogen and oxygen atoms in total. The Bertz CT molecular complexity index is 2200. The van der Waals surface area contributed by atoms with Crippen LogP contribution in [0.2, 0.25) is 0 Å². The zero-order chi connectivity index (χ0) is 33.8. The molecule has 0 unspecified atom stereocenters. The smallest absolute Gasteiger partial charge is 0.338 e. The molecule has 0 fully saturated rings. The van der Waals surface area contributed by atoms with Gasteiger partial charge in [0.1, 0.15) is 12.4 Å². The second kappa shape index (κ2) is 14.9. The van der Waals surface area contributed by atoms with Crippen LogP contribution in [-0.4, -0.2) is 30.5 Å². The number of benzene rings is 4. The summed E-state index contributed by atoms with van der Waals surface area (Å²) >= 11 is 4.99. The molecule has 1 aromatic heterocycles. The van der Waals surface area contributed by atoms with Crippen LogP contribution in [0.4, 0.5) is 4.39 Å². The maximum absolute atomic E-state index is 14.3. The van der Waals surface area contributed by atoms with Crippen molar-refractivity contribution < 1.29 is 23.4 Å². The van der Waals surface area contributed by atoms with Crippen molar-refractivity contribution in [2.24, 2.45) is 4.99 Å². The Morgan fingerprint density at radius 2 is 1.79 bits per heavy atom. The van der Waals surface area contributed by atoms with E-state index >= 15 is 0 Å². The Balaban J connectivity index is 1.50. The lowest BCUT2D eigenvalue weighted by Gasteiger charge is -2.26. The van der Waals surface area contributed by atoms with Gasteiger partial charge in [-0.2, -0.15) is 0 Å². The zero-order valence-corrected chi connectivity index (χ0v) is 30.0. The Labute approximate surface area is 298 Å². The van der Waals surface area contributed by atoms with Gasteiger partial charge in [0.15, 0.2) is 16.3 Å². The molecule has 0 radical (unpaired) electrons. The number of thiazole rings is 1. The highest BCUT2D eigenvalue weighted by atomic mass is 127. The van der Waals surface area contributed by atoms with Gasteiger partial charge in [-0.05, 0) is 83.3 Å². The van der Waals surface area contributed by atoms with E-state index in [1.807, 2.05) is 66.9 Å². The number of hydrogen-bond donors (Lipinski definition) is 0. The van der Waals surface area contributed by atoms with E-state index in [4.69, 9.17) is 19.2 Å². The van der Waals surface area contributed by atoms with Crippen LogP contribution in [-0.2, 0) is 16.1 Å². The summed E-state index contributed by atoms with van der Waals surface area (Å²) in [4.78, 5) is 34.4. The predicted molar refractivity (Wildman–Crippen MR) is 196 cm³/mol. The molecule has 0 spiro atoms. The first-order chi connectivity index (χ1) is 23.3. The Morgan fingerprint density at radius 1 is 1.06 bits per heavy atom. The first kappa shape index (κ1) is 33.7. The molecule has 0 bridgehead atoms. The van der Waals surface area contributed by atoms with Crippen molar-refractivity contribution in [2.45, 2.75) is 24.5 Å². The first-order valence-electron chi connectivity index (χ1n) is 15.0. The molecular weight excluding hydrogens is 762 g/mol. The molecule has 0 saturated heterocycles. The van der Waals surface area contributed by atoms with Gasteiger partial charge in [-0.15, -0.1) is 11.8 Å². The summed E-state index contributed by atoms with van der Waals surface area (Å²) in [7, 11) is 1.53. The normalized spacial score (nSPS) is 14.4. The first-order valence-corrected chi connectivity index (χ1v) is 18.1. The molecule has 0 amide bonds. The third-order valence-corrected chi connectivity index (χ3v) is 10.2. The molecule has 5 aromatic rings. The number of halogens is 2. The van der Waals surface area contributed by atoms with Crippen LogP contribution in [0, 0.1) is 9.39 Å². The third-order valence-electron chi connectivity index (χ3n) is 7.68. The fourth-order valence-corrected chi connectivity index (χ4v) is 7.61. The number of carbonyl (C=O) groups excluding carboxylic acids is 1. The Hall–Kier alpha value is -4.20. The summed E-state index contributed by atoms with van der Waals surface area (Å²) in [6.45, 7) is 1.96. The largest absolute Gasteiger partial charge is 0.493 e. The van der Waals surface area contributed by atoms with Crippen LogP contribution in [0.1, 0.15) is 35.2 Å². The quantitative estimate of drug-likeness (QED) is 0.0863. The van der Waals surface area contributed by atoms with E-state index in [0.717, 1.165) is 19.6 Å². The number of carbonyl (C=O) groups is 1. The molecule has 0 aliphatic carbocycles. The molecular formula is C37H30FIN2O5S2. The minimum atomic E-state index is -0.766. The van der Waals surface area contributed by atoms with Gasteiger partial charge >= 0.3 is 5.97 Å². The number of thioether (sulfide) groups is 1. The predicted octanol–water partition coefficient (Wildman–Crippen LogP) is 6.99. The molecule has 0 N–H and O–H groups in total. The molecule has 1 aliphatic rings. The second-order valence-corrected chi connectivity index (χ2v) is 13.7. The van der Waals surface area contributed by atoms with E-state index < -0.39 is 12.0 Å². The Morgan fingerprint density at radius 3 is 2.48 bits per heavy atom. The number of fused-ring (bicyclic) bond motifs is 1. The molecule has 11 heteroatoms. The Kier molecular flexibility index (Phi) is 10.5. The van der Waals surface area contributed by atoms with Gasteiger partial charge in [0, 0.05) is 16.0 Å².